The van der Waals surface area contributed by atoms with Crippen LogP contribution >= 0.6 is 0 Å². The number of ether oxygens (including phenoxy) is 1. The van der Waals surface area contributed by atoms with Crippen molar-refractivity contribution in [2.45, 2.75) is 18.4 Å². The van der Waals surface area contributed by atoms with E-state index in [4.69, 9.17) is 4.74 Å². The lowest BCUT2D eigenvalue weighted by Gasteiger charge is -2.11. The third-order valence-corrected chi connectivity index (χ3v) is 5.74. The number of amides is 2. The lowest BCUT2D eigenvalue weighted by molar-refractivity contribution is 0.0486. The van der Waals surface area contributed by atoms with Gasteiger partial charge in [0.15, 0.2) is 11.8 Å². The van der Waals surface area contributed by atoms with Crippen LogP contribution < -0.4 is 10.0 Å². The van der Waals surface area contributed by atoms with Crippen molar-refractivity contribution in [1.29, 1.82) is 0 Å². The van der Waals surface area contributed by atoms with E-state index < -0.39 is 22.0 Å². The van der Waals surface area contributed by atoms with Crippen molar-refractivity contribution < 1.29 is 33.0 Å². The highest BCUT2D eigenvalue weighted by Gasteiger charge is 2.18. The fourth-order valence-corrected chi connectivity index (χ4v) is 3.67. The summed E-state index contributed by atoms with van der Waals surface area (Å²) >= 11 is 0. The Balaban J connectivity index is 1.58. The van der Waals surface area contributed by atoms with E-state index in [1.165, 1.54) is 48.5 Å². The summed E-state index contributed by atoms with van der Waals surface area (Å²) in [6, 6.07) is 13.4. The second-order valence-electron chi connectivity index (χ2n) is 6.79. The van der Waals surface area contributed by atoms with Gasteiger partial charge < -0.3 is 20.3 Å². The second-order valence-corrected chi connectivity index (χ2v) is 8.47. The van der Waals surface area contributed by atoms with Crippen molar-refractivity contribution in [1.82, 2.24) is 9.29 Å². The Bertz CT molecular complexity index is 1220. The molecule has 4 N–H and O–H groups in total. The summed E-state index contributed by atoms with van der Waals surface area (Å²) in [5.74, 6) is -1.04. The van der Waals surface area contributed by atoms with Gasteiger partial charge in [-0.15, -0.1) is 0 Å². The van der Waals surface area contributed by atoms with E-state index in [0.717, 1.165) is 10.1 Å². The number of hydrogen-bond donors (Lipinski definition) is 4. The fraction of sp³-hybridized carbons (Fsp3) is 0.143. The molecular formula is C21H21N3O7S. The molecule has 32 heavy (non-hydrogen) atoms. The van der Waals surface area contributed by atoms with Crippen molar-refractivity contribution in [2.24, 2.45) is 0 Å². The van der Waals surface area contributed by atoms with Gasteiger partial charge in [-0.1, -0.05) is 23.8 Å². The maximum atomic E-state index is 12.3. The minimum absolute atomic E-state index is 0.0353. The van der Waals surface area contributed by atoms with Gasteiger partial charge in [0.2, 0.25) is 0 Å². The number of carbonyl (C=O) groups excluding carboxylic acids is 2. The summed E-state index contributed by atoms with van der Waals surface area (Å²) in [4.78, 5) is 24.3. The van der Waals surface area contributed by atoms with Crippen LogP contribution in [0.1, 0.15) is 15.9 Å². The van der Waals surface area contributed by atoms with E-state index in [0.29, 0.717) is 0 Å². The number of aryl methyl sites for hydroxylation is 1. The summed E-state index contributed by atoms with van der Waals surface area (Å²) < 4.78 is 32.8. The number of anilines is 1. The van der Waals surface area contributed by atoms with E-state index in [1.807, 2.05) is 11.6 Å². The molecule has 2 aromatic carbocycles. The normalized spacial score (nSPS) is 11.0. The maximum Gasteiger partial charge on any atom is 0.338 e. The molecule has 10 nitrogen and oxygen atoms in total. The van der Waals surface area contributed by atoms with Crippen molar-refractivity contribution in [3.8, 4) is 11.8 Å². The van der Waals surface area contributed by atoms with Crippen molar-refractivity contribution in [2.75, 3.05) is 11.9 Å². The molecule has 3 rings (SSSR count). The molecule has 0 fully saturated rings. The van der Waals surface area contributed by atoms with Crippen LogP contribution in [0.3, 0.4) is 0 Å². The van der Waals surface area contributed by atoms with Gasteiger partial charge >= 0.3 is 12.0 Å². The SMILES string of the molecule is Cc1ccc(S(=O)(=O)NC(=O)Nc2cccc(C(=O)OCCn3c(O)ccc3O)c2)cc1. The molecule has 0 saturated carbocycles. The largest absolute Gasteiger partial charge is 0.494 e. The summed E-state index contributed by atoms with van der Waals surface area (Å²) in [6.45, 7) is 1.72. The van der Waals surface area contributed by atoms with E-state index in [2.05, 4.69) is 5.32 Å². The van der Waals surface area contributed by atoms with Crippen LogP contribution in [-0.4, -0.2) is 41.8 Å². The number of nitrogens with one attached hydrogen (secondary N) is 2. The molecule has 0 spiro atoms. The van der Waals surface area contributed by atoms with Crippen LogP contribution in [0.4, 0.5) is 10.5 Å². The molecule has 0 aliphatic heterocycles. The Morgan fingerprint density at radius 1 is 1.00 bits per heavy atom. The van der Waals surface area contributed by atoms with E-state index in [9.17, 15) is 28.2 Å². The number of benzene rings is 2. The molecule has 0 atom stereocenters. The molecule has 11 heteroatoms. The minimum atomic E-state index is -4.06. The molecule has 0 radical (unpaired) electrons. The lowest BCUT2D eigenvalue weighted by atomic mass is 10.2. The summed E-state index contributed by atoms with van der Waals surface area (Å²) in [5.41, 5.74) is 1.17. The molecule has 1 heterocycles. The van der Waals surface area contributed by atoms with Crippen molar-refractivity contribution >= 4 is 27.7 Å². The number of esters is 1. The number of nitrogens with zero attached hydrogens (tertiary/aromatic N) is 1. The highest BCUT2D eigenvalue weighted by Crippen LogP contribution is 2.20. The first-order valence-corrected chi connectivity index (χ1v) is 10.9. The average Bonchev–Trinajstić information content (AvgIpc) is 3.05. The Hall–Kier alpha value is -3.99. The third-order valence-electron chi connectivity index (χ3n) is 4.40. The number of hydrogen-bond acceptors (Lipinski definition) is 7. The second kappa shape index (κ2) is 9.43. The Labute approximate surface area is 184 Å². The lowest BCUT2D eigenvalue weighted by Crippen LogP contribution is -2.34. The summed E-state index contributed by atoms with van der Waals surface area (Å²) in [6.07, 6.45) is 0. The number of aromatic hydroxyl groups is 2. The molecule has 0 aliphatic carbocycles. The number of rotatable bonds is 7. The minimum Gasteiger partial charge on any atom is -0.494 e. The number of sulfonamides is 1. The molecule has 1 aromatic heterocycles. The zero-order chi connectivity index (χ0) is 23.3. The van der Waals surface area contributed by atoms with Gasteiger partial charge in [0, 0.05) is 17.8 Å². The van der Waals surface area contributed by atoms with E-state index in [-0.39, 0.29) is 41.1 Å². The van der Waals surface area contributed by atoms with Gasteiger partial charge in [-0.05, 0) is 37.3 Å². The van der Waals surface area contributed by atoms with Crippen LogP contribution in [0.2, 0.25) is 0 Å². The van der Waals surface area contributed by atoms with Gasteiger partial charge in [0.25, 0.3) is 10.0 Å². The summed E-state index contributed by atoms with van der Waals surface area (Å²) in [5, 5.41) is 21.5. The van der Waals surface area contributed by atoms with E-state index in [1.54, 1.807) is 12.1 Å². The molecule has 0 unspecified atom stereocenters. The Morgan fingerprint density at radius 3 is 2.31 bits per heavy atom. The highest BCUT2D eigenvalue weighted by atomic mass is 32.2. The number of carbonyl (C=O) groups is 2. The van der Waals surface area contributed by atoms with Gasteiger partial charge in [-0.2, -0.15) is 0 Å². The number of aromatic nitrogens is 1. The van der Waals surface area contributed by atoms with Gasteiger partial charge in [-0.25, -0.2) is 22.7 Å². The molecule has 0 aliphatic rings. The monoisotopic (exact) mass is 459 g/mol. The first-order valence-electron chi connectivity index (χ1n) is 9.41. The van der Waals surface area contributed by atoms with Gasteiger partial charge in [-0.3, -0.25) is 4.57 Å². The molecule has 0 saturated heterocycles. The van der Waals surface area contributed by atoms with Crippen molar-refractivity contribution in [3.63, 3.8) is 0 Å². The quantitative estimate of drug-likeness (QED) is 0.397. The fourth-order valence-electron chi connectivity index (χ4n) is 2.77. The molecule has 168 valence electrons. The maximum absolute atomic E-state index is 12.3. The highest BCUT2D eigenvalue weighted by molar-refractivity contribution is 7.90. The molecular weight excluding hydrogens is 438 g/mol. The Kier molecular flexibility index (Phi) is 6.69. The third kappa shape index (κ3) is 5.58. The Morgan fingerprint density at radius 2 is 1.66 bits per heavy atom. The zero-order valence-corrected chi connectivity index (χ0v) is 17.8. The smallest absolute Gasteiger partial charge is 0.338 e. The molecule has 2 amide bonds. The predicted octanol–water partition coefficient (Wildman–Crippen LogP) is 2.58. The van der Waals surface area contributed by atoms with Crippen LogP contribution in [0, 0.1) is 6.92 Å². The average molecular weight is 459 g/mol. The number of urea groups is 1. The van der Waals surface area contributed by atoms with Crippen LogP contribution in [0.25, 0.3) is 0 Å². The first kappa shape index (κ1) is 22.7. The predicted molar refractivity (Wildman–Crippen MR) is 115 cm³/mol. The van der Waals surface area contributed by atoms with Gasteiger partial charge in [0.05, 0.1) is 17.0 Å². The topological polar surface area (TPSA) is 147 Å². The van der Waals surface area contributed by atoms with Crippen LogP contribution in [-0.2, 0) is 21.3 Å². The van der Waals surface area contributed by atoms with E-state index >= 15 is 0 Å². The standard InChI is InChI=1S/C21H21N3O7S/c1-14-5-7-17(8-6-14)32(29,30)23-21(28)22-16-4-2-3-15(13-16)20(27)31-12-11-24-18(25)9-10-19(24)26/h2-10,13,25-26H,11-12H2,1H3,(H2,22,23,28). The van der Waals surface area contributed by atoms with Crippen LogP contribution in [0.5, 0.6) is 11.8 Å². The van der Waals surface area contributed by atoms with Crippen LogP contribution in [0.15, 0.2) is 65.6 Å². The molecule has 0 bridgehead atoms. The van der Waals surface area contributed by atoms with Gasteiger partial charge in [0.1, 0.15) is 6.61 Å². The summed E-state index contributed by atoms with van der Waals surface area (Å²) in [7, 11) is -4.06. The zero-order valence-electron chi connectivity index (χ0n) is 17.0. The van der Waals surface area contributed by atoms with Crippen molar-refractivity contribution in [3.05, 3.63) is 71.8 Å². The molecule has 3 aromatic rings. The first-order chi connectivity index (χ1) is 15.2.